The van der Waals surface area contributed by atoms with Gasteiger partial charge in [0.15, 0.2) is 0 Å². The van der Waals surface area contributed by atoms with Crippen LogP contribution in [0.5, 0.6) is 5.75 Å². The number of hydrogen-bond donors (Lipinski definition) is 0. The highest BCUT2D eigenvalue weighted by atomic mass is 35.5. The van der Waals surface area contributed by atoms with Crippen molar-refractivity contribution >= 4 is 11.6 Å². The lowest BCUT2D eigenvalue weighted by Crippen LogP contribution is -2.48. The van der Waals surface area contributed by atoms with Gasteiger partial charge in [-0.3, -0.25) is 4.90 Å². The average molecular weight is 268 g/mol. The van der Waals surface area contributed by atoms with E-state index in [2.05, 4.69) is 25.7 Å². The first-order valence-corrected chi connectivity index (χ1v) is 7.00. The highest BCUT2D eigenvalue weighted by Gasteiger charge is 2.27. The molecule has 0 aromatic heterocycles. The van der Waals surface area contributed by atoms with Gasteiger partial charge in [0, 0.05) is 23.7 Å². The van der Waals surface area contributed by atoms with Crippen molar-refractivity contribution in [3.05, 3.63) is 29.3 Å². The molecule has 0 amide bonds. The van der Waals surface area contributed by atoms with E-state index < -0.39 is 0 Å². The molecule has 1 aliphatic heterocycles. The van der Waals surface area contributed by atoms with E-state index in [9.17, 15) is 0 Å². The Hall–Kier alpha value is -0.730. The Morgan fingerprint density at radius 2 is 1.67 bits per heavy atom. The molecule has 0 N–H and O–H groups in total. The summed E-state index contributed by atoms with van der Waals surface area (Å²) in [6, 6.07) is 7.64. The van der Waals surface area contributed by atoms with Crippen LogP contribution < -0.4 is 4.74 Å². The zero-order chi connectivity index (χ0) is 13.2. The van der Waals surface area contributed by atoms with E-state index in [0.29, 0.717) is 6.10 Å². The molecule has 0 radical (unpaired) electrons. The molecule has 2 nitrogen and oxygen atoms in total. The summed E-state index contributed by atoms with van der Waals surface area (Å²) in [7, 11) is 0. The fourth-order valence-electron chi connectivity index (χ4n) is 2.35. The lowest BCUT2D eigenvalue weighted by Gasteiger charge is -2.40. The summed E-state index contributed by atoms with van der Waals surface area (Å²) >= 11 is 5.86. The highest BCUT2D eigenvalue weighted by Crippen LogP contribution is 2.24. The van der Waals surface area contributed by atoms with Crippen LogP contribution in [0.25, 0.3) is 0 Å². The normalized spacial score (nSPS) is 18.9. The molecule has 0 aliphatic carbocycles. The number of rotatable bonds is 2. The van der Waals surface area contributed by atoms with E-state index in [-0.39, 0.29) is 5.54 Å². The van der Waals surface area contributed by atoms with Gasteiger partial charge in [-0.25, -0.2) is 0 Å². The number of nitrogens with zero attached hydrogens (tertiary/aromatic N) is 1. The Morgan fingerprint density at radius 3 is 2.17 bits per heavy atom. The van der Waals surface area contributed by atoms with Crippen molar-refractivity contribution in [2.24, 2.45) is 0 Å². The lowest BCUT2D eigenvalue weighted by molar-refractivity contribution is 0.0491. The molecular weight excluding hydrogens is 246 g/mol. The van der Waals surface area contributed by atoms with E-state index in [1.807, 2.05) is 24.3 Å². The van der Waals surface area contributed by atoms with Crippen molar-refractivity contribution in [2.75, 3.05) is 13.1 Å². The number of hydrogen-bond acceptors (Lipinski definition) is 2. The third-order valence-electron chi connectivity index (χ3n) is 3.51. The molecule has 0 bridgehead atoms. The molecule has 1 fully saturated rings. The SMILES string of the molecule is CC(C)(C)N1CCC(Oc2ccc(Cl)cc2)CC1. The van der Waals surface area contributed by atoms with Crippen LogP contribution in [0, 0.1) is 0 Å². The molecule has 1 heterocycles. The summed E-state index contributed by atoms with van der Waals surface area (Å²) in [5.41, 5.74) is 0.269. The van der Waals surface area contributed by atoms with Gasteiger partial charge < -0.3 is 4.74 Å². The Labute approximate surface area is 115 Å². The smallest absolute Gasteiger partial charge is 0.119 e. The summed E-state index contributed by atoms with van der Waals surface area (Å²) in [4.78, 5) is 2.52. The van der Waals surface area contributed by atoms with E-state index in [1.54, 1.807) is 0 Å². The molecule has 0 saturated carbocycles. The molecule has 18 heavy (non-hydrogen) atoms. The summed E-state index contributed by atoms with van der Waals surface area (Å²) in [6.07, 6.45) is 2.53. The van der Waals surface area contributed by atoms with Crippen LogP contribution in [0.4, 0.5) is 0 Å². The topological polar surface area (TPSA) is 12.5 Å². The Balaban J connectivity index is 1.85. The molecular formula is C15H22ClNO. The fourth-order valence-corrected chi connectivity index (χ4v) is 2.48. The molecule has 1 saturated heterocycles. The standard InChI is InChI=1S/C15H22ClNO/c1-15(2,3)17-10-8-14(9-11-17)18-13-6-4-12(16)5-7-13/h4-7,14H,8-11H2,1-3H3. The Bertz CT molecular complexity index is 374. The van der Waals surface area contributed by atoms with Gasteiger partial charge >= 0.3 is 0 Å². The predicted molar refractivity (Wildman–Crippen MR) is 76.4 cm³/mol. The first-order chi connectivity index (χ1) is 8.45. The van der Waals surface area contributed by atoms with Crippen molar-refractivity contribution in [3.63, 3.8) is 0 Å². The molecule has 1 aromatic rings. The summed E-state index contributed by atoms with van der Waals surface area (Å²) < 4.78 is 5.99. The molecule has 0 spiro atoms. The predicted octanol–water partition coefficient (Wildman–Crippen LogP) is 3.98. The number of likely N-dealkylation sites (tertiary alicyclic amines) is 1. The monoisotopic (exact) mass is 267 g/mol. The second-order valence-corrected chi connectivity index (χ2v) is 6.37. The maximum atomic E-state index is 5.99. The van der Waals surface area contributed by atoms with Crippen molar-refractivity contribution in [2.45, 2.75) is 45.3 Å². The lowest BCUT2D eigenvalue weighted by atomic mass is 9.99. The number of benzene rings is 1. The minimum absolute atomic E-state index is 0.269. The number of ether oxygens (including phenoxy) is 1. The van der Waals surface area contributed by atoms with Crippen molar-refractivity contribution in [1.29, 1.82) is 0 Å². The molecule has 0 unspecified atom stereocenters. The molecule has 100 valence electrons. The molecule has 0 atom stereocenters. The molecule has 1 aromatic carbocycles. The van der Waals surface area contributed by atoms with Gasteiger partial charge in [-0.05, 0) is 57.9 Å². The van der Waals surface area contributed by atoms with Crippen LogP contribution in [0.2, 0.25) is 5.02 Å². The van der Waals surface area contributed by atoms with E-state index in [4.69, 9.17) is 16.3 Å². The van der Waals surface area contributed by atoms with Crippen LogP contribution in [-0.2, 0) is 0 Å². The summed E-state index contributed by atoms with van der Waals surface area (Å²) in [5.74, 6) is 0.925. The largest absolute Gasteiger partial charge is 0.490 e. The van der Waals surface area contributed by atoms with E-state index in [0.717, 1.165) is 36.7 Å². The third-order valence-corrected chi connectivity index (χ3v) is 3.76. The quantitative estimate of drug-likeness (QED) is 0.804. The minimum Gasteiger partial charge on any atom is -0.490 e. The number of piperidine rings is 1. The van der Waals surface area contributed by atoms with Crippen molar-refractivity contribution < 1.29 is 4.74 Å². The van der Waals surface area contributed by atoms with Gasteiger partial charge in [0.1, 0.15) is 11.9 Å². The maximum absolute atomic E-state index is 5.99. The zero-order valence-electron chi connectivity index (χ0n) is 11.4. The van der Waals surface area contributed by atoms with Crippen molar-refractivity contribution in [3.8, 4) is 5.75 Å². The second-order valence-electron chi connectivity index (χ2n) is 5.93. The van der Waals surface area contributed by atoms with Gasteiger partial charge in [0.05, 0.1) is 0 Å². The van der Waals surface area contributed by atoms with E-state index >= 15 is 0 Å². The van der Waals surface area contributed by atoms with E-state index in [1.165, 1.54) is 0 Å². The maximum Gasteiger partial charge on any atom is 0.119 e. The minimum atomic E-state index is 0.269. The molecule has 1 aliphatic rings. The Kier molecular flexibility index (Phi) is 4.18. The van der Waals surface area contributed by atoms with Gasteiger partial charge in [-0.2, -0.15) is 0 Å². The zero-order valence-corrected chi connectivity index (χ0v) is 12.2. The highest BCUT2D eigenvalue weighted by molar-refractivity contribution is 6.30. The van der Waals surface area contributed by atoms with Crippen LogP contribution in [0.1, 0.15) is 33.6 Å². The van der Waals surface area contributed by atoms with Gasteiger partial charge in [-0.1, -0.05) is 11.6 Å². The second kappa shape index (κ2) is 5.50. The Morgan fingerprint density at radius 1 is 1.11 bits per heavy atom. The fraction of sp³-hybridized carbons (Fsp3) is 0.600. The number of halogens is 1. The molecule has 3 heteroatoms. The molecule has 2 rings (SSSR count). The van der Waals surface area contributed by atoms with Crippen LogP contribution in [0.3, 0.4) is 0 Å². The third kappa shape index (κ3) is 3.63. The average Bonchev–Trinajstić information content (AvgIpc) is 2.32. The van der Waals surface area contributed by atoms with Gasteiger partial charge in [0.25, 0.3) is 0 Å². The van der Waals surface area contributed by atoms with Gasteiger partial charge in [0.2, 0.25) is 0 Å². The first-order valence-electron chi connectivity index (χ1n) is 6.62. The van der Waals surface area contributed by atoms with Crippen LogP contribution >= 0.6 is 11.6 Å². The summed E-state index contributed by atoms with van der Waals surface area (Å²) in [6.45, 7) is 9.04. The van der Waals surface area contributed by atoms with Gasteiger partial charge in [-0.15, -0.1) is 0 Å². The van der Waals surface area contributed by atoms with Crippen LogP contribution in [0.15, 0.2) is 24.3 Å². The summed E-state index contributed by atoms with van der Waals surface area (Å²) in [5, 5.41) is 0.755. The van der Waals surface area contributed by atoms with Crippen molar-refractivity contribution in [1.82, 2.24) is 4.90 Å². The van der Waals surface area contributed by atoms with Crippen LogP contribution in [-0.4, -0.2) is 29.6 Å². The first kappa shape index (κ1) is 13.7.